The highest BCUT2D eigenvalue weighted by Gasteiger charge is 2.18. The van der Waals surface area contributed by atoms with Crippen LogP contribution in [0.1, 0.15) is 19.3 Å². The molecule has 4 aromatic heterocycles. The van der Waals surface area contributed by atoms with E-state index in [-0.39, 0.29) is 5.75 Å². The predicted molar refractivity (Wildman–Crippen MR) is 122 cm³/mol. The minimum Gasteiger partial charge on any atom is -0.506 e. The van der Waals surface area contributed by atoms with Crippen LogP contribution < -0.4 is 4.90 Å². The zero-order valence-electron chi connectivity index (χ0n) is 17.0. The minimum absolute atomic E-state index is 0.118. The van der Waals surface area contributed by atoms with Crippen molar-refractivity contribution < 1.29 is 5.11 Å². The molecule has 31 heavy (non-hydrogen) atoms. The number of rotatable bonds is 3. The van der Waals surface area contributed by atoms with Gasteiger partial charge in [-0.05, 0) is 55.7 Å². The van der Waals surface area contributed by atoms with Gasteiger partial charge in [-0.1, -0.05) is 6.07 Å². The summed E-state index contributed by atoms with van der Waals surface area (Å²) >= 11 is 0. The van der Waals surface area contributed by atoms with Gasteiger partial charge in [0.15, 0.2) is 0 Å². The molecule has 1 saturated heterocycles. The maximum Gasteiger partial charge on any atom is 0.135 e. The van der Waals surface area contributed by atoms with E-state index < -0.39 is 0 Å². The van der Waals surface area contributed by atoms with Crippen LogP contribution in [0.25, 0.3) is 44.6 Å². The van der Waals surface area contributed by atoms with Crippen LogP contribution in [0.3, 0.4) is 0 Å². The highest BCUT2D eigenvalue weighted by molar-refractivity contribution is 5.99. The SMILES string of the molecule is Oc1cncc(-c2ccc3[nH]nc(-c4cc5c(N6CCCCC6)cccc5[nH]4)c3n2)c1. The second-order valence-electron chi connectivity index (χ2n) is 8.07. The fourth-order valence-electron chi connectivity index (χ4n) is 4.49. The third-order valence-corrected chi connectivity index (χ3v) is 6.02. The average molecular weight is 410 g/mol. The van der Waals surface area contributed by atoms with Gasteiger partial charge in [-0.25, -0.2) is 4.98 Å². The van der Waals surface area contributed by atoms with Crippen molar-refractivity contribution in [3.63, 3.8) is 0 Å². The molecule has 5 heterocycles. The van der Waals surface area contributed by atoms with Gasteiger partial charge in [-0.2, -0.15) is 5.10 Å². The molecule has 154 valence electrons. The molecule has 3 N–H and O–H groups in total. The number of anilines is 1. The molecule has 7 heteroatoms. The van der Waals surface area contributed by atoms with Crippen molar-refractivity contribution >= 4 is 27.6 Å². The number of fused-ring (bicyclic) bond motifs is 2. The largest absolute Gasteiger partial charge is 0.506 e. The number of pyridine rings is 2. The van der Waals surface area contributed by atoms with Crippen molar-refractivity contribution in [2.75, 3.05) is 18.0 Å². The molecule has 0 aliphatic carbocycles. The van der Waals surface area contributed by atoms with E-state index in [0.717, 1.165) is 52.3 Å². The highest BCUT2D eigenvalue weighted by Crippen LogP contribution is 2.34. The number of nitrogens with one attached hydrogen (secondary N) is 2. The van der Waals surface area contributed by atoms with Crippen molar-refractivity contribution in [1.82, 2.24) is 25.1 Å². The van der Waals surface area contributed by atoms with Crippen molar-refractivity contribution in [1.29, 1.82) is 0 Å². The van der Waals surface area contributed by atoms with Crippen molar-refractivity contribution in [3.05, 3.63) is 54.9 Å². The van der Waals surface area contributed by atoms with Crippen molar-refractivity contribution in [3.8, 4) is 28.4 Å². The molecule has 0 spiro atoms. The molecule has 7 nitrogen and oxygen atoms in total. The zero-order chi connectivity index (χ0) is 20.8. The van der Waals surface area contributed by atoms with Gasteiger partial charge in [-0.15, -0.1) is 0 Å². The Morgan fingerprint density at radius 2 is 1.84 bits per heavy atom. The standard InChI is InChI=1S/C24H22N6O/c31-16-11-15(13-25-14-16)18-7-8-20-23(27-18)24(29-28-20)21-12-17-19(26-21)5-4-6-22(17)30-9-2-1-3-10-30/h4-8,11-14,26,31H,1-3,9-10H2,(H,28,29). The lowest BCUT2D eigenvalue weighted by Gasteiger charge is -2.29. The van der Waals surface area contributed by atoms with Gasteiger partial charge in [-0.3, -0.25) is 10.1 Å². The molecule has 6 rings (SSSR count). The fourth-order valence-corrected chi connectivity index (χ4v) is 4.49. The Hall–Kier alpha value is -3.87. The van der Waals surface area contributed by atoms with Crippen LogP contribution in [0, 0.1) is 0 Å². The molecule has 1 aliphatic rings. The van der Waals surface area contributed by atoms with Crippen LogP contribution in [-0.4, -0.2) is 43.3 Å². The van der Waals surface area contributed by atoms with Crippen LogP contribution in [0.5, 0.6) is 5.75 Å². The molecule has 1 aliphatic heterocycles. The summed E-state index contributed by atoms with van der Waals surface area (Å²) in [4.78, 5) is 14.9. The minimum atomic E-state index is 0.118. The lowest BCUT2D eigenvalue weighted by molar-refractivity contribution is 0.473. The second-order valence-corrected chi connectivity index (χ2v) is 8.07. The smallest absolute Gasteiger partial charge is 0.135 e. The van der Waals surface area contributed by atoms with Crippen LogP contribution in [0.15, 0.2) is 54.9 Å². The molecule has 5 aromatic rings. The number of H-pyrrole nitrogens is 2. The summed E-state index contributed by atoms with van der Waals surface area (Å²) in [6, 6.07) is 14.1. The maximum atomic E-state index is 9.78. The number of aromatic amines is 2. The average Bonchev–Trinajstić information content (AvgIpc) is 3.43. The predicted octanol–water partition coefficient (Wildman–Crippen LogP) is 4.86. The first-order chi connectivity index (χ1) is 15.3. The first-order valence-electron chi connectivity index (χ1n) is 10.6. The van der Waals surface area contributed by atoms with E-state index in [1.807, 2.05) is 12.1 Å². The second kappa shape index (κ2) is 7.12. The third kappa shape index (κ3) is 3.09. The van der Waals surface area contributed by atoms with Crippen molar-refractivity contribution in [2.24, 2.45) is 0 Å². The molecule has 0 radical (unpaired) electrons. The summed E-state index contributed by atoms with van der Waals surface area (Å²) in [5.41, 5.74) is 7.24. The Morgan fingerprint density at radius 3 is 2.71 bits per heavy atom. The van der Waals surface area contributed by atoms with Crippen LogP contribution in [-0.2, 0) is 0 Å². The van der Waals surface area contributed by atoms with Gasteiger partial charge >= 0.3 is 0 Å². The van der Waals surface area contributed by atoms with Crippen molar-refractivity contribution in [2.45, 2.75) is 19.3 Å². The normalized spacial score (nSPS) is 14.5. The number of hydrogen-bond donors (Lipinski definition) is 3. The molecule has 1 aromatic carbocycles. The number of aromatic hydroxyl groups is 1. The van der Waals surface area contributed by atoms with Gasteiger partial charge < -0.3 is 15.0 Å². The van der Waals surface area contributed by atoms with Gasteiger partial charge in [0.25, 0.3) is 0 Å². The molecular formula is C24H22N6O. The van der Waals surface area contributed by atoms with Gasteiger partial charge in [0.2, 0.25) is 0 Å². The number of nitrogens with zero attached hydrogens (tertiary/aromatic N) is 4. The molecule has 0 atom stereocenters. The first-order valence-corrected chi connectivity index (χ1v) is 10.6. The summed E-state index contributed by atoms with van der Waals surface area (Å²) < 4.78 is 0. The molecular weight excluding hydrogens is 388 g/mol. The van der Waals surface area contributed by atoms with E-state index in [9.17, 15) is 5.11 Å². The van der Waals surface area contributed by atoms with Gasteiger partial charge in [0.1, 0.15) is 17.0 Å². The van der Waals surface area contributed by atoms with Crippen LogP contribution in [0.4, 0.5) is 5.69 Å². The summed E-state index contributed by atoms with van der Waals surface area (Å²) in [5, 5.41) is 18.6. The maximum absolute atomic E-state index is 9.78. The van der Waals surface area contributed by atoms with Crippen LogP contribution in [0.2, 0.25) is 0 Å². The van der Waals surface area contributed by atoms with E-state index >= 15 is 0 Å². The number of piperidine rings is 1. The van der Waals surface area contributed by atoms with Gasteiger partial charge in [0, 0.05) is 41.4 Å². The Kier molecular flexibility index (Phi) is 4.12. The number of aromatic nitrogens is 5. The third-order valence-electron chi connectivity index (χ3n) is 6.02. The lowest BCUT2D eigenvalue weighted by Crippen LogP contribution is -2.29. The van der Waals surface area contributed by atoms with Crippen LogP contribution >= 0.6 is 0 Å². The Labute approximate surface area is 178 Å². The quantitative estimate of drug-likeness (QED) is 0.395. The Morgan fingerprint density at radius 1 is 0.935 bits per heavy atom. The highest BCUT2D eigenvalue weighted by atomic mass is 16.3. The van der Waals surface area contributed by atoms with Gasteiger partial charge in [0.05, 0.1) is 23.1 Å². The summed E-state index contributed by atoms with van der Waals surface area (Å²) in [5.74, 6) is 0.118. The Bertz CT molecular complexity index is 1400. The van der Waals surface area contributed by atoms with E-state index in [2.05, 4.69) is 49.3 Å². The van der Waals surface area contributed by atoms with E-state index in [4.69, 9.17) is 4.98 Å². The topological polar surface area (TPSA) is 93.7 Å². The molecule has 0 amide bonds. The number of hydrogen-bond acceptors (Lipinski definition) is 5. The molecule has 0 bridgehead atoms. The molecule has 1 fully saturated rings. The zero-order valence-corrected chi connectivity index (χ0v) is 17.0. The summed E-state index contributed by atoms with van der Waals surface area (Å²) in [6.07, 6.45) is 6.91. The van der Waals surface area contributed by atoms with E-state index in [1.54, 1.807) is 12.3 Å². The van der Waals surface area contributed by atoms with E-state index in [0.29, 0.717) is 0 Å². The molecule has 0 saturated carbocycles. The Balaban J connectivity index is 1.46. The monoisotopic (exact) mass is 410 g/mol. The number of benzene rings is 1. The fraction of sp³-hybridized carbons (Fsp3) is 0.208. The van der Waals surface area contributed by atoms with E-state index in [1.165, 1.54) is 36.5 Å². The first kappa shape index (κ1) is 17.9. The lowest BCUT2D eigenvalue weighted by atomic mass is 10.1. The molecule has 0 unspecified atom stereocenters. The summed E-state index contributed by atoms with van der Waals surface area (Å²) in [6.45, 7) is 2.21. The summed E-state index contributed by atoms with van der Waals surface area (Å²) in [7, 11) is 0.